The Morgan fingerprint density at radius 2 is 1.53 bits per heavy atom. The van der Waals surface area contributed by atoms with E-state index in [0.29, 0.717) is 13.2 Å². The van der Waals surface area contributed by atoms with Crippen molar-refractivity contribution < 1.29 is 9.47 Å². The number of hydrogen-bond acceptors (Lipinski definition) is 6. The molecule has 0 aliphatic rings. The molecule has 2 heterocycles. The third kappa shape index (κ3) is 6.13. The quantitative estimate of drug-likeness (QED) is 0.258. The van der Waals surface area contributed by atoms with Crippen LogP contribution in [-0.4, -0.2) is 34.7 Å². The van der Waals surface area contributed by atoms with Crippen LogP contribution in [0.5, 0.6) is 11.5 Å². The van der Waals surface area contributed by atoms with Gasteiger partial charge in [-0.15, -0.1) is 5.10 Å². The lowest BCUT2D eigenvalue weighted by Crippen LogP contribution is -2.04. The lowest BCUT2D eigenvalue weighted by Gasteiger charge is -2.15. The molecule has 0 amide bonds. The van der Waals surface area contributed by atoms with Crippen LogP contribution in [0.4, 0.5) is 5.82 Å². The molecule has 0 fully saturated rings. The summed E-state index contributed by atoms with van der Waals surface area (Å²) < 4.78 is 13.6. The van der Waals surface area contributed by atoms with Gasteiger partial charge in [-0.2, -0.15) is 17.7 Å². The highest BCUT2D eigenvalue weighted by Crippen LogP contribution is 2.37. The Kier molecular flexibility index (Phi) is 11.1. The number of methoxy groups -OCH3 is 1. The lowest BCUT2D eigenvalue weighted by molar-refractivity contribution is 0.336. The zero-order valence-electron chi connectivity index (χ0n) is 23.1. The first kappa shape index (κ1) is 29.0. The van der Waals surface area contributed by atoms with Crippen LogP contribution < -0.4 is 14.8 Å². The summed E-state index contributed by atoms with van der Waals surface area (Å²) in [6, 6.07) is 14.5. The molecule has 194 valence electrons. The van der Waals surface area contributed by atoms with Crippen LogP contribution in [-0.2, 0) is 6.54 Å². The normalized spacial score (nSPS) is 10.2. The minimum Gasteiger partial charge on any atom is -0.494 e. The van der Waals surface area contributed by atoms with Crippen molar-refractivity contribution >= 4 is 29.2 Å². The third-order valence-electron chi connectivity index (χ3n) is 5.83. The van der Waals surface area contributed by atoms with E-state index in [1.165, 1.54) is 11.1 Å². The number of nitrogens with zero attached hydrogens (tertiary/aromatic N) is 3. The second kappa shape index (κ2) is 13.8. The minimum absolute atomic E-state index is 0.612. The number of hydrogen-bond donors (Lipinski definition) is 2. The van der Waals surface area contributed by atoms with Crippen LogP contribution in [0.2, 0.25) is 0 Å². The summed E-state index contributed by atoms with van der Waals surface area (Å²) in [5.41, 5.74) is 6.51. The molecule has 0 aliphatic heterocycles. The molecule has 0 radical (unpaired) electrons. The first-order chi connectivity index (χ1) is 17.4. The molecule has 0 aliphatic carbocycles. The Morgan fingerprint density at radius 1 is 0.889 bits per heavy atom. The molecule has 0 spiro atoms. The number of fused-ring (bicyclic) bond motifs is 1. The van der Waals surface area contributed by atoms with Gasteiger partial charge in [-0.3, -0.25) is 0 Å². The molecule has 0 unspecified atom stereocenters. The third-order valence-corrected chi connectivity index (χ3v) is 5.83. The summed E-state index contributed by atoms with van der Waals surface area (Å²) in [5, 5.41) is 14.6. The number of benzene rings is 2. The van der Waals surface area contributed by atoms with Crippen molar-refractivity contribution in [3.63, 3.8) is 0 Å². The predicted octanol–water partition coefficient (Wildman–Crippen LogP) is 7.25. The zero-order chi connectivity index (χ0) is 26.8. The fraction of sp³-hybridized carbons (Fsp3) is 0.379. The van der Waals surface area contributed by atoms with Crippen molar-refractivity contribution in [2.24, 2.45) is 0 Å². The SMILES string of the molecule is CC.CCOc1ccc(-n2c(C)c3c(C)nnc(NCc4ccc(C)cc4)c3c2C)c(OC)c1.CS. The van der Waals surface area contributed by atoms with E-state index in [-0.39, 0.29) is 0 Å². The van der Waals surface area contributed by atoms with Gasteiger partial charge in [0.2, 0.25) is 0 Å². The predicted molar refractivity (Wildman–Crippen MR) is 156 cm³/mol. The van der Waals surface area contributed by atoms with Gasteiger partial charge in [0.1, 0.15) is 11.5 Å². The Morgan fingerprint density at radius 3 is 2.14 bits per heavy atom. The number of nitrogens with one attached hydrogen (secondary N) is 1. The van der Waals surface area contributed by atoms with Crippen molar-refractivity contribution in [1.82, 2.24) is 14.8 Å². The summed E-state index contributed by atoms with van der Waals surface area (Å²) in [6.45, 7) is 15.6. The highest BCUT2D eigenvalue weighted by Gasteiger charge is 2.21. The van der Waals surface area contributed by atoms with Gasteiger partial charge in [0.05, 0.1) is 25.1 Å². The molecule has 1 N–H and O–H groups in total. The number of thiol groups is 1. The maximum atomic E-state index is 5.72. The summed E-state index contributed by atoms with van der Waals surface area (Å²) in [5.74, 6) is 2.34. The number of anilines is 1. The highest BCUT2D eigenvalue weighted by molar-refractivity contribution is 7.79. The molecule has 4 rings (SSSR count). The molecular weight excluding hydrogens is 468 g/mol. The Hall–Kier alpha value is -3.19. The van der Waals surface area contributed by atoms with Gasteiger partial charge in [-0.05, 0) is 58.6 Å². The van der Waals surface area contributed by atoms with Crippen LogP contribution in [0.3, 0.4) is 0 Å². The van der Waals surface area contributed by atoms with E-state index >= 15 is 0 Å². The second-order valence-electron chi connectivity index (χ2n) is 8.00. The van der Waals surface area contributed by atoms with E-state index in [0.717, 1.165) is 50.9 Å². The van der Waals surface area contributed by atoms with Crippen molar-refractivity contribution in [3.05, 3.63) is 70.7 Å². The number of aromatic nitrogens is 3. The van der Waals surface area contributed by atoms with Crippen molar-refractivity contribution in [1.29, 1.82) is 0 Å². The lowest BCUT2D eigenvalue weighted by atomic mass is 10.1. The summed E-state index contributed by atoms with van der Waals surface area (Å²) in [7, 11) is 1.69. The smallest absolute Gasteiger partial charge is 0.158 e. The fourth-order valence-corrected chi connectivity index (χ4v) is 4.27. The highest BCUT2D eigenvalue weighted by atomic mass is 32.1. The molecule has 2 aromatic carbocycles. The topological polar surface area (TPSA) is 61.2 Å². The van der Waals surface area contributed by atoms with Gasteiger partial charge in [-0.25, -0.2) is 0 Å². The van der Waals surface area contributed by atoms with Gasteiger partial charge in [-0.1, -0.05) is 43.7 Å². The van der Waals surface area contributed by atoms with Crippen molar-refractivity contribution in [2.45, 2.75) is 55.0 Å². The molecule has 0 atom stereocenters. The monoisotopic (exact) mass is 508 g/mol. The average Bonchev–Trinajstić information content (AvgIpc) is 3.18. The second-order valence-corrected chi connectivity index (χ2v) is 8.00. The van der Waals surface area contributed by atoms with Gasteiger partial charge >= 0.3 is 0 Å². The van der Waals surface area contributed by atoms with E-state index in [9.17, 15) is 0 Å². The van der Waals surface area contributed by atoms with Crippen molar-refractivity contribution in [3.8, 4) is 17.2 Å². The van der Waals surface area contributed by atoms with E-state index in [2.05, 4.69) is 77.7 Å². The molecular formula is C29H40N4O2S. The maximum absolute atomic E-state index is 5.72. The number of rotatable bonds is 7. The van der Waals surface area contributed by atoms with Gasteiger partial charge in [0.25, 0.3) is 0 Å². The molecule has 2 aromatic heterocycles. The van der Waals surface area contributed by atoms with Gasteiger partial charge in [0, 0.05) is 34.8 Å². The zero-order valence-corrected chi connectivity index (χ0v) is 24.0. The fourth-order valence-electron chi connectivity index (χ4n) is 4.27. The Balaban J connectivity index is 0.00000109. The molecule has 36 heavy (non-hydrogen) atoms. The van der Waals surface area contributed by atoms with Crippen LogP contribution in [0.1, 0.15) is 49.0 Å². The number of ether oxygens (including phenoxy) is 2. The molecule has 0 saturated heterocycles. The molecule has 6 nitrogen and oxygen atoms in total. The standard InChI is InChI=1S/C26H30N4O2.C2H6.CH4S/c1-7-32-21-12-13-22(23(14-21)31-6)30-18(4)24-17(3)28-29-26(25(24)19(30)5)27-15-20-10-8-16(2)9-11-20;2*1-2/h8-14H,7,15H2,1-6H3,(H,27,29);1-2H3;2H,1H3. The minimum atomic E-state index is 0.612. The average molecular weight is 509 g/mol. The van der Waals surface area contributed by atoms with E-state index in [1.807, 2.05) is 45.9 Å². The van der Waals surface area contributed by atoms with Gasteiger partial charge in [0.15, 0.2) is 5.82 Å². The summed E-state index contributed by atoms with van der Waals surface area (Å²) in [6.07, 6.45) is 1.69. The van der Waals surface area contributed by atoms with E-state index < -0.39 is 0 Å². The van der Waals surface area contributed by atoms with Crippen LogP contribution in [0.25, 0.3) is 16.5 Å². The molecule has 0 bridgehead atoms. The largest absolute Gasteiger partial charge is 0.494 e. The van der Waals surface area contributed by atoms with Crippen LogP contribution in [0.15, 0.2) is 42.5 Å². The Labute approximate surface area is 221 Å². The van der Waals surface area contributed by atoms with E-state index in [1.54, 1.807) is 13.4 Å². The van der Waals surface area contributed by atoms with Crippen LogP contribution in [0, 0.1) is 27.7 Å². The van der Waals surface area contributed by atoms with Gasteiger partial charge < -0.3 is 19.4 Å². The maximum Gasteiger partial charge on any atom is 0.158 e. The van der Waals surface area contributed by atoms with Crippen molar-refractivity contribution in [2.75, 3.05) is 25.3 Å². The van der Waals surface area contributed by atoms with Crippen LogP contribution >= 0.6 is 12.6 Å². The molecule has 7 heteroatoms. The Bertz CT molecular complexity index is 1270. The van der Waals surface area contributed by atoms with E-state index in [4.69, 9.17) is 9.47 Å². The molecule has 0 saturated carbocycles. The number of aryl methyl sites for hydroxylation is 4. The summed E-state index contributed by atoms with van der Waals surface area (Å²) >= 11 is 3.53. The first-order valence-corrected chi connectivity index (χ1v) is 13.2. The molecule has 4 aromatic rings. The first-order valence-electron chi connectivity index (χ1n) is 12.3. The summed E-state index contributed by atoms with van der Waals surface area (Å²) in [4.78, 5) is 0.